The summed E-state index contributed by atoms with van der Waals surface area (Å²) in [5, 5.41) is 6.32. The van der Waals surface area contributed by atoms with Gasteiger partial charge in [0.1, 0.15) is 5.76 Å². The molecule has 158 valence electrons. The number of aryl methyl sites for hydroxylation is 1. The zero-order valence-electron chi connectivity index (χ0n) is 17.0. The van der Waals surface area contributed by atoms with Gasteiger partial charge >= 0.3 is 0 Å². The maximum absolute atomic E-state index is 12.6. The summed E-state index contributed by atoms with van der Waals surface area (Å²) < 4.78 is 7.11. The molecule has 0 aliphatic carbocycles. The smallest absolute Gasteiger partial charge is 0.254 e. The third-order valence-corrected chi connectivity index (χ3v) is 6.71. The number of hydrogen-bond donors (Lipinski definition) is 1. The van der Waals surface area contributed by atoms with Gasteiger partial charge in [-0.2, -0.15) is 0 Å². The molecule has 4 rings (SSSR count). The van der Waals surface area contributed by atoms with Crippen LogP contribution in [-0.4, -0.2) is 40.4 Å². The highest BCUT2D eigenvalue weighted by Gasteiger charge is 2.16. The topological polar surface area (TPSA) is 88.3 Å². The van der Waals surface area contributed by atoms with Crippen LogP contribution in [0, 0.1) is 6.92 Å². The highest BCUT2D eigenvalue weighted by atomic mass is 32.2. The van der Waals surface area contributed by atoms with E-state index in [-0.39, 0.29) is 18.4 Å². The molecule has 7 nitrogen and oxygen atoms in total. The first-order chi connectivity index (χ1) is 15.0. The number of likely N-dealkylation sites (N-methyl/N-ethyl adjacent to an activating group) is 1. The molecular weight excluding hydrogens is 432 g/mol. The zero-order chi connectivity index (χ0) is 21.8. The molecule has 0 atom stereocenters. The Balaban J connectivity index is 1.31. The summed E-state index contributed by atoms with van der Waals surface area (Å²) in [4.78, 5) is 30.7. The number of nitrogens with zero attached hydrogens (tertiary/aromatic N) is 3. The molecule has 4 aromatic rings. The van der Waals surface area contributed by atoms with E-state index in [1.54, 1.807) is 55.3 Å². The minimum atomic E-state index is -0.340. The number of anilines is 1. The molecule has 2 amide bonds. The number of para-hydroxylation sites is 1. The Kier molecular flexibility index (Phi) is 6.34. The van der Waals surface area contributed by atoms with E-state index in [1.807, 2.05) is 30.3 Å². The number of carbonyl (C=O) groups is 2. The van der Waals surface area contributed by atoms with Crippen LogP contribution in [0.5, 0.6) is 0 Å². The number of carbonyl (C=O) groups excluding carboxylic acids is 2. The van der Waals surface area contributed by atoms with E-state index in [4.69, 9.17) is 4.52 Å². The van der Waals surface area contributed by atoms with Crippen molar-refractivity contribution in [1.82, 2.24) is 15.0 Å². The molecular formula is C22H20N4O3S2. The molecule has 0 unspecified atom stereocenters. The molecule has 0 saturated carbocycles. The molecule has 31 heavy (non-hydrogen) atoms. The van der Waals surface area contributed by atoms with Crippen molar-refractivity contribution in [1.29, 1.82) is 0 Å². The van der Waals surface area contributed by atoms with Crippen LogP contribution in [0.4, 0.5) is 5.82 Å². The summed E-state index contributed by atoms with van der Waals surface area (Å²) >= 11 is 3.36. The summed E-state index contributed by atoms with van der Waals surface area (Å²) in [6.07, 6.45) is 0. The second-order valence-corrected chi connectivity index (χ2v) is 9.22. The lowest BCUT2D eigenvalue weighted by atomic mass is 10.1. The van der Waals surface area contributed by atoms with Crippen molar-refractivity contribution in [3.63, 3.8) is 0 Å². The van der Waals surface area contributed by atoms with Crippen molar-refractivity contribution in [3.8, 4) is 0 Å². The number of nitrogens with one attached hydrogen (secondary N) is 1. The van der Waals surface area contributed by atoms with Crippen LogP contribution in [0.1, 0.15) is 21.7 Å². The standard InChI is InChI=1S/C22H20N4O3S2/c1-14-11-19(25-29-14)24-20(27)12-26(2)21(28)16-9-7-15(8-10-16)13-30-22-23-17-5-3-4-6-18(17)31-22/h3-11H,12-13H2,1-2H3,(H,24,25,27). The van der Waals surface area contributed by atoms with Gasteiger partial charge in [-0.05, 0) is 36.8 Å². The Bertz CT molecular complexity index is 1180. The van der Waals surface area contributed by atoms with Crippen molar-refractivity contribution < 1.29 is 14.1 Å². The summed E-state index contributed by atoms with van der Waals surface area (Å²) in [7, 11) is 1.59. The van der Waals surface area contributed by atoms with E-state index >= 15 is 0 Å². The lowest BCUT2D eigenvalue weighted by Crippen LogP contribution is -2.35. The summed E-state index contributed by atoms with van der Waals surface area (Å²) in [6, 6.07) is 17.1. The van der Waals surface area contributed by atoms with E-state index in [0.29, 0.717) is 17.1 Å². The average Bonchev–Trinajstić information content (AvgIpc) is 3.37. The average molecular weight is 453 g/mol. The predicted octanol–water partition coefficient (Wildman–Crippen LogP) is 4.60. The number of thioether (sulfide) groups is 1. The monoisotopic (exact) mass is 452 g/mol. The van der Waals surface area contributed by atoms with E-state index in [9.17, 15) is 9.59 Å². The van der Waals surface area contributed by atoms with Gasteiger partial charge in [0.05, 0.1) is 16.8 Å². The van der Waals surface area contributed by atoms with Crippen molar-refractivity contribution in [3.05, 3.63) is 71.5 Å². The predicted molar refractivity (Wildman–Crippen MR) is 122 cm³/mol. The Labute approximate surface area is 187 Å². The third kappa shape index (κ3) is 5.31. The van der Waals surface area contributed by atoms with Crippen molar-refractivity contribution >= 4 is 50.9 Å². The van der Waals surface area contributed by atoms with Gasteiger partial charge < -0.3 is 14.7 Å². The van der Waals surface area contributed by atoms with Crippen molar-refractivity contribution in [2.24, 2.45) is 0 Å². The van der Waals surface area contributed by atoms with E-state index in [1.165, 1.54) is 9.60 Å². The van der Waals surface area contributed by atoms with E-state index < -0.39 is 0 Å². The molecule has 0 spiro atoms. The molecule has 2 aromatic heterocycles. The van der Waals surface area contributed by atoms with E-state index in [0.717, 1.165) is 21.2 Å². The molecule has 0 aliphatic rings. The molecule has 0 radical (unpaired) electrons. The van der Waals surface area contributed by atoms with Crippen LogP contribution in [0.3, 0.4) is 0 Å². The van der Waals surface area contributed by atoms with Gasteiger partial charge in [-0.15, -0.1) is 11.3 Å². The minimum absolute atomic E-state index is 0.0834. The lowest BCUT2D eigenvalue weighted by molar-refractivity contribution is -0.116. The normalized spacial score (nSPS) is 10.9. The quantitative estimate of drug-likeness (QED) is 0.413. The summed E-state index contributed by atoms with van der Waals surface area (Å²) in [5.74, 6) is 1.13. The highest BCUT2D eigenvalue weighted by molar-refractivity contribution is 8.00. The van der Waals surface area contributed by atoms with Crippen LogP contribution in [0.15, 0.2) is 63.5 Å². The van der Waals surface area contributed by atoms with Crippen LogP contribution in [0.25, 0.3) is 10.2 Å². The third-order valence-electron chi connectivity index (χ3n) is 4.46. The highest BCUT2D eigenvalue weighted by Crippen LogP contribution is 2.31. The molecule has 2 aromatic carbocycles. The molecule has 2 heterocycles. The zero-order valence-corrected chi connectivity index (χ0v) is 18.6. The first-order valence-electron chi connectivity index (χ1n) is 9.54. The molecule has 0 saturated heterocycles. The van der Waals surface area contributed by atoms with Crippen LogP contribution in [0.2, 0.25) is 0 Å². The molecule has 0 bridgehead atoms. The minimum Gasteiger partial charge on any atom is -0.360 e. The number of benzene rings is 2. The number of fused-ring (bicyclic) bond motifs is 1. The van der Waals surface area contributed by atoms with Crippen LogP contribution < -0.4 is 5.32 Å². The fourth-order valence-corrected chi connectivity index (χ4v) is 4.94. The van der Waals surface area contributed by atoms with Gasteiger partial charge in [0.15, 0.2) is 10.2 Å². The molecule has 1 N–H and O–H groups in total. The summed E-state index contributed by atoms with van der Waals surface area (Å²) in [6.45, 7) is 1.65. The van der Waals surface area contributed by atoms with Gasteiger partial charge in [-0.25, -0.2) is 4.98 Å². The van der Waals surface area contributed by atoms with E-state index in [2.05, 4.69) is 21.5 Å². The van der Waals surface area contributed by atoms with Crippen LogP contribution >= 0.6 is 23.1 Å². The number of thiazole rings is 1. The molecule has 0 aliphatic heterocycles. The van der Waals surface area contributed by atoms with Crippen molar-refractivity contribution in [2.75, 3.05) is 18.9 Å². The first-order valence-corrected chi connectivity index (χ1v) is 11.3. The largest absolute Gasteiger partial charge is 0.360 e. The van der Waals surface area contributed by atoms with Gasteiger partial charge in [0.25, 0.3) is 5.91 Å². The number of rotatable bonds is 7. The van der Waals surface area contributed by atoms with Gasteiger partial charge in [0, 0.05) is 24.4 Å². The fourth-order valence-electron chi connectivity index (χ4n) is 2.92. The second-order valence-electron chi connectivity index (χ2n) is 6.97. The Morgan fingerprint density at radius 2 is 1.94 bits per heavy atom. The maximum atomic E-state index is 12.6. The molecule has 0 fully saturated rings. The summed E-state index contributed by atoms with van der Waals surface area (Å²) in [5.41, 5.74) is 2.64. The fraction of sp³-hybridized carbons (Fsp3) is 0.182. The number of aromatic nitrogens is 2. The SMILES string of the molecule is Cc1cc(NC(=O)CN(C)C(=O)c2ccc(CSc3nc4ccccc4s3)cc2)no1. The second kappa shape index (κ2) is 9.32. The molecule has 9 heteroatoms. The number of amides is 2. The Hall–Kier alpha value is -3.17. The Morgan fingerprint density at radius 3 is 2.65 bits per heavy atom. The van der Waals surface area contributed by atoms with Crippen LogP contribution in [-0.2, 0) is 10.5 Å². The van der Waals surface area contributed by atoms with Crippen molar-refractivity contribution in [2.45, 2.75) is 17.0 Å². The van der Waals surface area contributed by atoms with Gasteiger partial charge in [-0.1, -0.05) is 41.2 Å². The first kappa shape index (κ1) is 21.1. The Morgan fingerprint density at radius 1 is 1.16 bits per heavy atom. The van der Waals surface area contributed by atoms with Gasteiger partial charge in [-0.3, -0.25) is 9.59 Å². The maximum Gasteiger partial charge on any atom is 0.254 e. The number of hydrogen-bond acceptors (Lipinski definition) is 7. The van der Waals surface area contributed by atoms with Gasteiger partial charge in [0.2, 0.25) is 5.91 Å². The lowest BCUT2D eigenvalue weighted by Gasteiger charge is -2.16.